The average Bonchev–Trinajstić information content (AvgIpc) is 4.09. The standard InChI is InChI=1S/C45H47N7O5/c1-27(2)39(50-45(56)57-3)43(54)51-21-7-11-37(51)41-47-26-36(49-41)34-20-19-32-23-31(17-18-33(32)24-34)28-13-15-29(16-14-28)35-25-46-42(48-35)38-12-8-22-52(38)44(55)40(53)30-9-5-4-6-10-30/h4-6,9-10,13-20,23-27,37-40,53H,7-8,11-12,21-22H2,1-3H3,(H,46,48)(H,47,49)(H,50,56)/t37-,38-,39-,40?/m0/s1. The van der Waals surface area contributed by atoms with Crippen molar-refractivity contribution in [2.75, 3.05) is 20.2 Å². The molecule has 12 nitrogen and oxygen atoms in total. The maximum absolute atomic E-state index is 13.6. The van der Waals surface area contributed by atoms with Crippen LogP contribution in [0.15, 0.2) is 103 Å². The van der Waals surface area contributed by atoms with Crippen LogP contribution in [0, 0.1) is 5.92 Å². The molecule has 0 bridgehead atoms. The summed E-state index contributed by atoms with van der Waals surface area (Å²) in [5, 5.41) is 15.7. The highest BCUT2D eigenvalue weighted by Gasteiger charge is 2.38. The quantitative estimate of drug-likeness (QED) is 0.111. The van der Waals surface area contributed by atoms with Gasteiger partial charge in [0.25, 0.3) is 5.91 Å². The van der Waals surface area contributed by atoms with Gasteiger partial charge in [-0.3, -0.25) is 9.59 Å². The fourth-order valence-electron chi connectivity index (χ4n) is 8.18. The number of H-pyrrole nitrogens is 2. The number of nitrogens with zero attached hydrogens (tertiary/aromatic N) is 4. The van der Waals surface area contributed by atoms with Gasteiger partial charge < -0.3 is 34.9 Å². The third kappa shape index (κ3) is 7.65. The predicted molar refractivity (Wildman–Crippen MR) is 217 cm³/mol. The van der Waals surface area contributed by atoms with Gasteiger partial charge in [-0.1, -0.05) is 92.7 Å². The highest BCUT2D eigenvalue weighted by Crippen LogP contribution is 2.36. The monoisotopic (exact) mass is 765 g/mol. The number of ether oxygens (including phenoxy) is 1. The van der Waals surface area contributed by atoms with E-state index >= 15 is 0 Å². The number of aliphatic hydroxyl groups excluding tert-OH is 1. The van der Waals surface area contributed by atoms with Gasteiger partial charge in [-0.25, -0.2) is 14.8 Å². The number of hydrogen-bond donors (Lipinski definition) is 4. The number of carbonyl (C=O) groups excluding carboxylic acids is 3. The third-order valence-corrected chi connectivity index (χ3v) is 11.3. The molecule has 2 aliphatic rings. The van der Waals surface area contributed by atoms with Gasteiger partial charge in [-0.15, -0.1) is 0 Å². The second-order valence-corrected chi connectivity index (χ2v) is 15.3. The lowest BCUT2D eigenvalue weighted by molar-refractivity contribution is -0.141. The first-order valence-corrected chi connectivity index (χ1v) is 19.6. The fourth-order valence-corrected chi connectivity index (χ4v) is 8.18. The largest absolute Gasteiger partial charge is 0.453 e. The lowest BCUT2D eigenvalue weighted by atomic mass is 9.98. The van der Waals surface area contributed by atoms with Crippen molar-refractivity contribution in [2.24, 2.45) is 5.92 Å². The number of carbonyl (C=O) groups is 3. The van der Waals surface area contributed by atoms with Crippen LogP contribution in [0.4, 0.5) is 4.79 Å². The molecular weight excluding hydrogens is 719 g/mol. The number of likely N-dealkylation sites (tertiary alicyclic amines) is 2. The molecule has 0 spiro atoms. The summed E-state index contributed by atoms with van der Waals surface area (Å²) in [6.45, 7) is 4.99. The van der Waals surface area contributed by atoms with Crippen LogP contribution in [0.5, 0.6) is 0 Å². The predicted octanol–water partition coefficient (Wildman–Crippen LogP) is 7.73. The Labute approximate surface area is 331 Å². The van der Waals surface area contributed by atoms with E-state index in [-0.39, 0.29) is 29.8 Å². The van der Waals surface area contributed by atoms with Crippen LogP contribution in [0.1, 0.15) is 74.9 Å². The fraction of sp³-hybridized carbons (Fsp3) is 0.311. The van der Waals surface area contributed by atoms with Crippen LogP contribution in [0.2, 0.25) is 0 Å². The molecule has 2 aromatic heterocycles. The van der Waals surface area contributed by atoms with Crippen molar-refractivity contribution in [3.63, 3.8) is 0 Å². The number of fused-ring (bicyclic) bond motifs is 1. The van der Waals surface area contributed by atoms with Gasteiger partial charge in [-0.2, -0.15) is 0 Å². The van der Waals surface area contributed by atoms with Crippen LogP contribution < -0.4 is 5.32 Å². The number of hydrogen-bond acceptors (Lipinski definition) is 7. The molecule has 0 aliphatic carbocycles. The van der Waals surface area contributed by atoms with Crippen molar-refractivity contribution in [2.45, 2.75) is 63.8 Å². The number of aromatic amines is 2. The Bertz CT molecular complexity index is 2390. The van der Waals surface area contributed by atoms with Crippen molar-refractivity contribution in [3.8, 4) is 33.6 Å². The summed E-state index contributed by atoms with van der Waals surface area (Å²) in [5.74, 6) is 0.915. The Hall–Kier alpha value is -6.27. The van der Waals surface area contributed by atoms with Crippen molar-refractivity contribution in [3.05, 3.63) is 121 Å². The van der Waals surface area contributed by atoms with Gasteiger partial charge in [-0.05, 0) is 76.8 Å². The molecule has 2 aliphatic heterocycles. The normalized spacial score (nSPS) is 17.9. The second-order valence-electron chi connectivity index (χ2n) is 15.3. The van der Waals surface area contributed by atoms with Crippen molar-refractivity contribution in [1.29, 1.82) is 0 Å². The number of nitrogens with one attached hydrogen (secondary N) is 3. The maximum atomic E-state index is 13.6. The first-order valence-electron chi connectivity index (χ1n) is 19.6. The van der Waals surface area contributed by atoms with Gasteiger partial charge >= 0.3 is 6.09 Å². The van der Waals surface area contributed by atoms with Crippen molar-refractivity contribution < 1.29 is 24.2 Å². The molecule has 8 rings (SSSR count). The molecule has 1 unspecified atom stereocenters. The maximum Gasteiger partial charge on any atom is 0.407 e. The Kier molecular flexibility index (Phi) is 10.6. The van der Waals surface area contributed by atoms with E-state index in [9.17, 15) is 19.5 Å². The summed E-state index contributed by atoms with van der Waals surface area (Å²) in [6, 6.07) is 29.1. The van der Waals surface area contributed by atoms with Crippen LogP contribution in [0.3, 0.4) is 0 Å². The number of amides is 3. The number of aromatic nitrogens is 4. The molecule has 0 saturated carbocycles. The molecule has 4 aromatic carbocycles. The highest BCUT2D eigenvalue weighted by molar-refractivity contribution is 5.91. The summed E-state index contributed by atoms with van der Waals surface area (Å²) in [6.07, 6.45) is 5.08. The smallest absolute Gasteiger partial charge is 0.407 e. The zero-order chi connectivity index (χ0) is 39.6. The summed E-state index contributed by atoms with van der Waals surface area (Å²) in [4.78, 5) is 58.7. The number of benzene rings is 4. The summed E-state index contributed by atoms with van der Waals surface area (Å²) in [5.41, 5.74) is 6.50. The molecule has 6 aromatic rings. The molecule has 292 valence electrons. The zero-order valence-electron chi connectivity index (χ0n) is 32.3. The Morgan fingerprint density at radius 2 is 1.25 bits per heavy atom. The van der Waals surface area contributed by atoms with Gasteiger partial charge in [0, 0.05) is 18.7 Å². The molecule has 12 heteroatoms. The third-order valence-electron chi connectivity index (χ3n) is 11.3. The number of methoxy groups -OCH3 is 1. The molecule has 2 fully saturated rings. The lowest BCUT2D eigenvalue weighted by Crippen LogP contribution is -2.51. The van der Waals surface area contributed by atoms with Gasteiger partial charge in [0.05, 0.1) is 43.0 Å². The van der Waals surface area contributed by atoms with E-state index in [1.807, 2.05) is 49.3 Å². The molecule has 4 N–H and O–H groups in total. The van der Waals surface area contributed by atoms with E-state index in [4.69, 9.17) is 9.72 Å². The van der Waals surface area contributed by atoms with Crippen molar-refractivity contribution in [1.82, 2.24) is 35.1 Å². The van der Waals surface area contributed by atoms with Gasteiger partial charge in [0.15, 0.2) is 6.10 Å². The van der Waals surface area contributed by atoms with Gasteiger partial charge in [0.1, 0.15) is 17.7 Å². The Morgan fingerprint density at radius 1 is 0.719 bits per heavy atom. The number of aliphatic hydroxyl groups is 1. The minimum atomic E-state index is -1.20. The number of rotatable bonds is 10. The second kappa shape index (κ2) is 16.1. The van der Waals surface area contributed by atoms with Crippen LogP contribution in [-0.2, 0) is 14.3 Å². The molecular formula is C45H47N7O5. The van der Waals surface area contributed by atoms with E-state index in [2.05, 4.69) is 80.9 Å². The van der Waals surface area contributed by atoms with Crippen molar-refractivity contribution >= 4 is 28.7 Å². The molecule has 4 heterocycles. The van der Waals surface area contributed by atoms with E-state index < -0.39 is 18.2 Å². The summed E-state index contributed by atoms with van der Waals surface area (Å²) < 4.78 is 4.77. The summed E-state index contributed by atoms with van der Waals surface area (Å²) in [7, 11) is 1.29. The van der Waals surface area contributed by atoms with Gasteiger partial charge in [0.2, 0.25) is 5.91 Å². The number of imidazole rings is 2. The number of alkyl carbamates (subject to hydrolysis) is 1. The molecule has 0 radical (unpaired) electrons. The SMILES string of the molecule is COC(=O)N[C@H](C(=O)N1CCC[C@H]1c1ncc(-c2ccc3cc(-c4ccc(-c5cnc([C@@H]6CCCN6C(=O)C(O)c6ccccc6)[nH]5)cc4)ccc3c2)[nH]1)C(C)C. The topological polar surface area (TPSA) is 157 Å². The average molecular weight is 766 g/mol. The minimum absolute atomic E-state index is 0.102. The molecule has 3 amide bonds. The highest BCUT2D eigenvalue weighted by atomic mass is 16.5. The summed E-state index contributed by atoms with van der Waals surface area (Å²) >= 11 is 0. The molecule has 57 heavy (non-hydrogen) atoms. The minimum Gasteiger partial charge on any atom is -0.453 e. The van der Waals surface area contributed by atoms with Crippen LogP contribution >= 0.6 is 0 Å². The Balaban J connectivity index is 0.940. The van der Waals surface area contributed by atoms with E-state index in [0.717, 1.165) is 81.7 Å². The van der Waals surface area contributed by atoms with Crippen LogP contribution in [-0.4, -0.2) is 79.0 Å². The van der Waals surface area contributed by atoms with E-state index in [1.165, 1.54) is 7.11 Å². The lowest BCUT2D eigenvalue weighted by Gasteiger charge is -2.30. The van der Waals surface area contributed by atoms with Crippen LogP contribution in [0.25, 0.3) is 44.4 Å². The molecule has 4 atom stereocenters. The Morgan fingerprint density at radius 3 is 1.84 bits per heavy atom. The first-order chi connectivity index (χ1) is 27.7. The zero-order valence-corrected chi connectivity index (χ0v) is 32.3. The van der Waals surface area contributed by atoms with E-state index in [1.54, 1.807) is 17.0 Å². The first kappa shape index (κ1) is 37.6. The van der Waals surface area contributed by atoms with E-state index in [0.29, 0.717) is 18.7 Å². The molecule has 2 saturated heterocycles.